The van der Waals surface area contributed by atoms with Crippen molar-refractivity contribution in [3.63, 3.8) is 0 Å². The van der Waals surface area contributed by atoms with E-state index in [9.17, 15) is 52.0 Å². The minimum atomic E-state index is -8.43. The van der Waals surface area contributed by atoms with Gasteiger partial charge in [0.2, 0.25) is 0 Å². The summed E-state index contributed by atoms with van der Waals surface area (Å²) < 4.78 is 484. The molecule has 0 aromatic heterocycles. The summed E-state index contributed by atoms with van der Waals surface area (Å²) in [5.74, 6) is -81.9. The van der Waals surface area contributed by atoms with Crippen molar-refractivity contribution in [3.8, 4) is 0 Å². The third kappa shape index (κ3) is 9.93. The van der Waals surface area contributed by atoms with Gasteiger partial charge in [-0.3, -0.25) is 18.6 Å². The number of rotatable bonds is 30. The fourth-order valence-electron chi connectivity index (χ4n) is 9.12. The number of alkyl halides is 26. The Hall–Kier alpha value is -2.08. The molecule has 8 nitrogen and oxygen atoms in total. The molecular weight excluding hydrogens is 1190 g/mol. The van der Waals surface area contributed by atoms with Gasteiger partial charge in [-0.1, -0.05) is 104 Å². The molecule has 0 rings (SSSR count). The summed E-state index contributed by atoms with van der Waals surface area (Å²) >= 11 is 0. The van der Waals surface area contributed by atoms with Crippen molar-refractivity contribution in [3.05, 3.63) is 0 Å². The first-order valence-electron chi connectivity index (χ1n) is 22.7. The molecular formula is C42H60F26O8S2. The van der Waals surface area contributed by atoms with E-state index in [0.29, 0.717) is 13.8 Å². The Kier molecular flexibility index (Phi) is 20.4. The van der Waals surface area contributed by atoms with Crippen LogP contribution in [0.3, 0.4) is 0 Å². The monoisotopic (exact) mass is 1250 g/mol. The third-order valence-electron chi connectivity index (χ3n) is 16.6. The topological polar surface area (TPSA) is 127 Å². The zero-order valence-corrected chi connectivity index (χ0v) is 45.4. The molecule has 0 aromatic rings. The molecule has 0 aliphatic rings. The summed E-state index contributed by atoms with van der Waals surface area (Å²) in [6.45, 7) is -1.18. The van der Waals surface area contributed by atoms with Crippen LogP contribution in [0.15, 0.2) is 0 Å². The largest absolute Gasteiger partial charge is 0.460 e. The molecule has 6 atom stereocenters. The van der Waals surface area contributed by atoms with Crippen LogP contribution in [0.5, 0.6) is 0 Å². The van der Waals surface area contributed by atoms with Crippen LogP contribution in [-0.2, 0) is 29.7 Å². The molecule has 0 fully saturated rings. The van der Waals surface area contributed by atoms with Gasteiger partial charge in [0.15, 0.2) is 0 Å². The molecule has 0 radical (unpaired) electrons. The minimum absolute atomic E-state index is 0.0425. The minimum Gasteiger partial charge on any atom is -0.281 e. The number of hydrogen-bond donors (Lipinski definition) is 2. The second-order valence-corrected chi connectivity index (χ2v) is 23.9. The highest BCUT2D eigenvalue weighted by Gasteiger charge is 2.90. The zero-order valence-electron chi connectivity index (χ0n) is 43.8. The molecule has 0 bridgehead atoms. The molecule has 2 N–H and O–H groups in total. The Bertz CT molecular complexity index is 2340. The summed E-state index contributed by atoms with van der Waals surface area (Å²) in [7, 11) is -15.8. The van der Waals surface area contributed by atoms with Gasteiger partial charge in [0.1, 0.15) is 0 Å². The van der Waals surface area contributed by atoms with Crippen LogP contribution in [-0.4, -0.2) is 108 Å². The summed E-state index contributed by atoms with van der Waals surface area (Å²) in [5, 5.41) is -15.3. The van der Waals surface area contributed by atoms with Gasteiger partial charge in [-0.2, -0.15) is 122 Å². The van der Waals surface area contributed by atoms with Crippen LogP contribution < -0.4 is 0 Å². The quantitative estimate of drug-likeness (QED) is 0.0538. The average Bonchev–Trinajstić information content (AvgIpc) is 3.26. The second-order valence-electron chi connectivity index (χ2n) is 20.9. The molecule has 0 saturated carbocycles. The van der Waals surface area contributed by atoms with Crippen molar-refractivity contribution < 1.29 is 150 Å². The third-order valence-corrected chi connectivity index (χ3v) is 18.4. The predicted octanol–water partition coefficient (Wildman–Crippen LogP) is 16.6. The lowest BCUT2D eigenvalue weighted by molar-refractivity contribution is -0.493. The second kappa shape index (κ2) is 20.9. The maximum Gasteiger partial charge on any atom is 0.460 e. The van der Waals surface area contributed by atoms with E-state index in [4.69, 9.17) is 9.11 Å². The smallest absolute Gasteiger partial charge is 0.281 e. The van der Waals surface area contributed by atoms with E-state index in [-0.39, 0.29) is 55.4 Å². The number of hydrogen-bond acceptors (Lipinski definition) is 6. The van der Waals surface area contributed by atoms with Crippen LogP contribution >= 0.6 is 0 Å². The van der Waals surface area contributed by atoms with E-state index in [1.807, 2.05) is 0 Å². The maximum absolute atomic E-state index is 18.3. The van der Waals surface area contributed by atoms with Gasteiger partial charge in [0.05, 0.1) is 0 Å². The molecule has 0 aliphatic heterocycles. The normalized spacial score (nSPS) is 19.9. The molecule has 0 amide bonds. The van der Waals surface area contributed by atoms with Gasteiger partial charge in [0, 0.05) is 44.8 Å². The zero-order chi connectivity index (χ0) is 64.2. The molecule has 78 heavy (non-hydrogen) atoms. The van der Waals surface area contributed by atoms with E-state index in [0.717, 1.165) is 6.92 Å². The first kappa shape index (κ1) is 75.9. The highest BCUT2D eigenvalue weighted by molar-refractivity contribution is 7.87. The standard InChI is InChI=1S/C42H60F26O8S2/c1-16-24(10,11)32(49,50)33(51,52)25(12,13)27(15,18-3)38(60,76-40(63,64)42(67,68)78(72,73)74)31(47,48)23(9)28(19-4,20-5)34(53,54)30(45,46)22(8)26(14,17-2)37(59,29(43,44)21(6)7)75-39(61,62)35(55,56)36(57,58)41(65,66)77(69,70)71/h21-23H,16-20H2,1-15H3,(H,69,70,71)(H,72,73,74). The van der Waals surface area contributed by atoms with E-state index >= 15 is 79.0 Å². The summed E-state index contributed by atoms with van der Waals surface area (Å²) in [6, 6.07) is 0. The van der Waals surface area contributed by atoms with E-state index in [1.165, 1.54) is 0 Å². The SMILES string of the molecule is CCC(C)(C)C(F)(F)C(F)(F)C(C)(C)C(C)(CC)C(F)(OC(F)(F)C(F)(F)S(=O)(=O)O)C(F)(F)C(C)C(CC)(CC)C(F)(F)C(F)(F)C(C)C(C)(CC)C(F)(OC(F)(F)C(F)(F)C(F)(F)C(F)(F)S(=O)(=O)O)C(F)(F)C(C)C. The molecule has 6 unspecified atom stereocenters. The van der Waals surface area contributed by atoms with Crippen molar-refractivity contribution in [1.82, 2.24) is 0 Å². The highest BCUT2D eigenvalue weighted by Crippen LogP contribution is 2.73. The van der Waals surface area contributed by atoms with E-state index in [1.54, 1.807) is 0 Å². The summed E-state index contributed by atoms with van der Waals surface area (Å²) in [4.78, 5) is 0. The van der Waals surface area contributed by atoms with Crippen LogP contribution in [0.4, 0.5) is 114 Å². The van der Waals surface area contributed by atoms with Crippen LogP contribution in [0.25, 0.3) is 0 Å². The van der Waals surface area contributed by atoms with Gasteiger partial charge >= 0.3 is 90.3 Å². The van der Waals surface area contributed by atoms with Gasteiger partial charge in [-0.05, 0) is 32.1 Å². The van der Waals surface area contributed by atoms with Crippen molar-refractivity contribution in [2.45, 2.75) is 218 Å². The molecule has 0 spiro atoms. The lowest BCUT2D eigenvalue weighted by Gasteiger charge is -2.60. The number of halogens is 26. The molecule has 36 heteroatoms. The fourth-order valence-corrected chi connectivity index (χ4v) is 9.91. The Morgan fingerprint density at radius 2 is 0.744 bits per heavy atom. The van der Waals surface area contributed by atoms with E-state index in [2.05, 4.69) is 9.47 Å². The van der Waals surface area contributed by atoms with Crippen LogP contribution in [0.1, 0.15) is 136 Å². The van der Waals surface area contributed by atoms with Crippen molar-refractivity contribution in [1.29, 1.82) is 0 Å². The highest BCUT2D eigenvalue weighted by atomic mass is 32.2. The molecule has 0 aliphatic carbocycles. The van der Waals surface area contributed by atoms with Crippen LogP contribution in [0.2, 0.25) is 0 Å². The van der Waals surface area contributed by atoms with Gasteiger partial charge in [-0.15, -0.1) is 0 Å². The lowest BCUT2D eigenvalue weighted by Crippen LogP contribution is -2.75. The van der Waals surface area contributed by atoms with Crippen molar-refractivity contribution in [2.24, 2.45) is 44.8 Å². The molecule has 0 aromatic carbocycles. The van der Waals surface area contributed by atoms with Crippen molar-refractivity contribution in [2.75, 3.05) is 0 Å². The van der Waals surface area contributed by atoms with Crippen molar-refractivity contribution >= 4 is 20.2 Å². The van der Waals surface area contributed by atoms with Crippen LogP contribution in [0, 0.1) is 44.8 Å². The molecule has 0 heterocycles. The van der Waals surface area contributed by atoms with Gasteiger partial charge < -0.3 is 0 Å². The Balaban J connectivity index is 9.34. The Morgan fingerprint density at radius 1 is 0.385 bits per heavy atom. The fraction of sp³-hybridized carbons (Fsp3) is 1.00. The first-order valence-corrected chi connectivity index (χ1v) is 25.6. The van der Waals surface area contributed by atoms with E-state index < -0.39 is 207 Å². The lowest BCUT2D eigenvalue weighted by atomic mass is 9.51. The average molecular weight is 1250 g/mol. The summed E-state index contributed by atoms with van der Waals surface area (Å²) in [5.41, 5.74) is -22.5. The first-order chi connectivity index (χ1) is 33.5. The Labute approximate surface area is 431 Å². The maximum atomic E-state index is 18.3. The summed E-state index contributed by atoms with van der Waals surface area (Å²) in [6.07, 6.45) is -25.7. The van der Waals surface area contributed by atoms with Gasteiger partial charge in [-0.25, -0.2) is 8.78 Å². The predicted molar refractivity (Wildman–Crippen MR) is 223 cm³/mol. The molecule has 0 saturated heterocycles. The number of ether oxygens (including phenoxy) is 2. The molecule has 470 valence electrons. The Morgan fingerprint density at radius 3 is 1.04 bits per heavy atom. The van der Waals surface area contributed by atoms with Gasteiger partial charge in [0.25, 0.3) is 11.7 Å².